The van der Waals surface area contributed by atoms with Crippen LogP contribution in [0.2, 0.25) is 0 Å². The molecule has 0 bridgehead atoms. The number of hydrogen-bond acceptors (Lipinski definition) is 3. The summed E-state index contributed by atoms with van der Waals surface area (Å²) in [6.07, 6.45) is 3.85. The minimum atomic E-state index is -0.236. The lowest BCUT2D eigenvalue weighted by Gasteiger charge is -2.13. The number of nitrogens with zero attached hydrogens (tertiary/aromatic N) is 2. The Balaban J connectivity index is 2.78. The molecule has 1 atom stereocenters. The summed E-state index contributed by atoms with van der Waals surface area (Å²) in [4.78, 5) is 0. The molecule has 0 saturated carbocycles. The second-order valence-corrected chi connectivity index (χ2v) is 4.30. The summed E-state index contributed by atoms with van der Waals surface area (Å²) >= 11 is 0. The zero-order valence-corrected chi connectivity index (χ0v) is 10.6. The van der Waals surface area contributed by atoms with Crippen LogP contribution in [0, 0.1) is 0 Å². The van der Waals surface area contributed by atoms with Crippen LogP contribution in [0.4, 0.5) is 0 Å². The van der Waals surface area contributed by atoms with Crippen molar-refractivity contribution >= 4 is 0 Å². The predicted molar refractivity (Wildman–Crippen MR) is 63.8 cm³/mol. The fourth-order valence-electron chi connectivity index (χ4n) is 1.73. The van der Waals surface area contributed by atoms with Crippen LogP contribution in [-0.4, -0.2) is 28.1 Å². The summed E-state index contributed by atoms with van der Waals surface area (Å²) in [5.74, 6) is 0.817. The van der Waals surface area contributed by atoms with Gasteiger partial charge in [-0.05, 0) is 33.1 Å². The average molecular weight is 226 g/mol. The molecule has 0 aromatic carbocycles. The van der Waals surface area contributed by atoms with Gasteiger partial charge >= 0.3 is 0 Å². The van der Waals surface area contributed by atoms with E-state index in [4.69, 9.17) is 4.74 Å². The number of rotatable bonds is 6. The monoisotopic (exact) mass is 226 g/mol. The smallest absolute Gasteiger partial charge is 0.159 e. The van der Waals surface area contributed by atoms with Crippen LogP contribution in [0.25, 0.3) is 0 Å². The predicted octanol–water partition coefficient (Wildman–Crippen LogP) is 2.18. The van der Waals surface area contributed by atoms with Gasteiger partial charge in [-0.2, -0.15) is 5.10 Å². The third-order valence-electron chi connectivity index (χ3n) is 2.76. The standard InChI is InChI=1S/C12H22N2O2/c1-5-10(15)6-7-11-12(16-4)8-13-14(11)9(2)3/h8-10,15H,5-7H2,1-4H3. The van der Waals surface area contributed by atoms with Crippen LogP contribution in [0.3, 0.4) is 0 Å². The molecule has 0 fully saturated rings. The number of aliphatic hydroxyl groups is 1. The first-order chi connectivity index (χ1) is 7.60. The van der Waals surface area contributed by atoms with Crippen LogP contribution < -0.4 is 4.74 Å². The highest BCUT2D eigenvalue weighted by Crippen LogP contribution is 2.23. The summed E-state index contributed by atoms with van der Waals surface area (Å²) in [5.41, 5.74) is 1.07. The lowest BCUT2D eigenvalue weighted by atomic mass is 10.1. The molecule has 0 amide bonds. The zero-order chi connectivity index (χ0) is 12.1. The molecule has 1 rings (SSSR count). The maximum Gasteiger partial charge on any atom is 0.159 e. The maximum absolute atomic E-state index is 9.58. The van der Waals surface area contributed by atoms with Gasteiger partial charge in [0.05, 0.1) is 25.1 Å². The van der Waals surface area contributed by atoms with E-state index >= 15 is 0 Å². The Bertz CT molecular complexity index is 321. The van der Waals surface area contributed by atoms with E-state index in [9.17, 15) is 5.11 Å². The van der Waals surface area contributed by atoms with Crippen molar-refractivity contribution < 1.29 is 9.84 Å². The minimum absolute atomic E-state index is 0.236. The molecule has 1 aromatic rings. The van der Waals surface area contributed by atoms with Gasteiger partial charge in [0.15, 0.2) is 5.75 Å². The molecule has 0 saturated heterocycles. The van der Waals surface area contributed by atoms with Crippen molar-refractivity contribution in [1.82, 2.24) is 9.78 Å². The van der Waals surface area contributed by atoms with Crippen molar-refractivity contribution in [1.29, 1.82) is 0 Å². The molecule has 0 aliphatic rings. The summed E-state index contributed by atoms with van der Waals surface area (Å²) in [6, 6.07) is 0.317. The summed E-state index contributed by atoms with van der Waals surface area (Å²) < 4.78 is 7.24. The molecule has 1 heterocycles. The van der Waals surface area contributed by atoms with Gasteiger partial charge < -0.3 is 9.84 Å². The molecular weight excluding hydrogens is 204 g/mol. The van der Waals surface area contributed by atoms with Crippen LogP contribution in [0.1, 0.15) is 45.3 Å². The molecule has 0 aliphatic carbocycles. The molecule has 0 radical (unpaired) electrons. The molecule has 16 heavy (non-hydrogen) atoms. The number of aliphatic hydroxyl groups excluding tert-OH is 1. The second-order valence-electron chi connectivity index (χ2n) is 4.30. The summed E-state index contributed by atoms with van der Waals surface area (Å²) in [5, 5.41) is 13.9. The van der Waals surface area contributed by atoms with E-state index in [2.05, 4.69) is 18.9 Å². The Morgan fingerprint density at radius 2 is 2.19 bits per heavy atom. The van der Waals surface area contributed by atoms with Gasteiger partial charge in [-0.1, -0.05) is 6.92 Å². The Hall–Kier alpha value is -1.03. The maximum atomic E-state index is 9.58. The van der Waals surface area contributed by atoms with Crippen molar-refractivity contribution in [2.24, 2.45) is 0 Å². The summed E-state index contributed by atoms with van der Waals surface area (Å²) in [7, 11) is 1.65. The van der Waals surface area contributed by atoms with Gasteiger partial charge in [-0.3, -0.25) is 4.68 Å². The normalized spacial score (nSPS) is 13.1. The number of aromatic nitrogens is 2. The van der Waals surface area contributed by atoms with E-state index in [0.717, 1.165) is 30.7 Å². The van der Waals surface area contributed by atoms with Crippen molar-refractivity contribution in [2.75, 3.05) is 7.11 Å². The van der Waals surface area contributed by atoms with E-state index in [1.807, 2.05) is 11.6 Å². The highest BCUT2D eigenvalue weighted by molar-refractivity contribution is 5.25. The van der Waals surface area contributed by atoms with E-state index < -0.39 is 0 Å². The molecule has 0 spiro atoms. The Kier molecular flexibility index (Phi) is 4.80. The SMILES string of the molecule is CCC(O)CCc1c(OC)cnn1C(C)C. The third-order valence-corrected chi connectivity index (χ3v) is 2.76. The van der Waals surface area contributed by atoms with Crippen LogP contribution in [0.5, 0.6) is 5.75 Å². The Morgan fingerprint density at radius 3 is 2.69 bits per heavy atom. The van der Waals surface area contributed by atoms with Gasteiger partial charge in [0.2, 0.25) is 0 Å². The lowest BCUT2D eigenvalue weighted by Crippen LogP contribution is -2.12. The first-order valence-corrected chi connectivity index (χ1v) is 5.88. The van der Waals surface area contributed by atoms with E-state index in [1.165, 1.54) is 0 Å². The van der Waals surface area contributed by atoms with E-state index in [1.54, 1.807) is 13.3 Å². The second kappa shape index (κ2) is 5.89. The first kappa shape index (κ1) is 13.0. The Labute approximate surface area is 97.2 Å². The summed E-state index contributed by atoms with van der Waals surface area (Å²) in [6.45, 7) is 6.17. The highest BCUT2D eigenvalue weighted by atomic mass is 16.5. The third kappa shape index (κ3) is 2.98. The van der Waals surface area contributed by atoms with Gasteiger partial charge in [-0.15, -0.1) is 0 Å². The fraction of sp³-hybridized carbons (Fsp3) is 0.750. The number of ether oxygens (including phenoxy) is 1. The molecule has 4 heteroatoms. The molecule has 0 aliphatic heterocycles. The van der Waals surface area contributed by atoms with Crippen LogP contribution in [-0.2, 0) is 6.42 Å². The van der Waals surface area contributed by atoms with E-state index in [-0.39, 0.29) is 6.10 Å². The van der Waals surface area contributed by atoms with Crippen LogP contribution in [0.15, 0.2) is 6.20 Å². The molecule has 4 nitrogen and oxygen atoms in total. The lowest BCUT2D eigenvalue weighted by molar-refractivity contribution is 0.159. The largest absolute Gasteiger partial charge is 0.493 e. The van der Waals surface area contributed by atoms with Crippen molar-refractivity contribution in [2.45, 2.75) is 52.2 Å². The topological polar surface area (TPSA) is 47.3 Å². The Morgan fingerprint density at radius 1 is 1.50 bits per heavy atom. The first-order valence-electron chi connectivity index (χ1n) is 5.88. The van der Waals surface area contributed by atoms with Gasteiger partial charge in [0.1, 0.15) is 0 Å². The highest BCUT2D eigenvalue weighted by Gasteiger charge is 2.14. The zero-order valence-electron chi connectivity index (χ0n) is 10.6. The average Bonchev–Trinajstić information content (AvgIpc) is 2.68. The van der Waals surface area contributed by atoms with Gasteiger partial charge in [-0.25, -0.2) is 0 Å². The minimum Gasteiger partial charge on any atom is -0.493 e. The van der Waals surface area contributed by atoms with Crippen molar-refractivity contribution in [3.8, 4) is 5.75 Å². The molecule has 1 N–H and O–H groups in total. The molecule has 92 valence electrons. The molecular formula is C12H22N2O2. The van der Waals surface area contributed by atoms with E-state index in [0.29, 0.717) is 6.04 Å². The van der Waals surface area contributed by atoms with Gasteiger partial charge in [0, 0.05) is 6.04 Å². The number of hydrogen-bond donors (Lipinski definition) is 1. The molecule has 1 aromatic heterocycles. The quantitative estimate of drug-likeness (QED) is 0.808. The van der Waals surface area contributed by atoms with Crippen molar-refractivity contribution in [3.63, 3.8) is 0 Å². The fourth-order valence-corrected chi connectivity index (χ4v) is 1.73. The van der Waals surface area contributed by atoms with Gasteiger partial charge in [0.25, 0.3) is 0 Å². The van der Waals surface area contributed by atoms with Crippen molar-refractivity contribution in [3.05, 3.63) is 11.9 Å². The number of methoxy groups -OCH3 is 1. The molecule has 1 unspecified atom stereocenters. The van der Waals surface area contributed by atoms with Crippen LogP contribution >= 0.6 is 0 Å².